The van der Waals surface area contributed by atoms with Crippen LogP contribution in [0, 0.1) is 11.6 Å². The van der Waals surface area contributed by atoms with Crippen LogP contribution in [0.15, 0.2) is 24.4 Å². The summed E-state index contributed by atoms with van der Waals surface area (Å²) in [7, 11) is 0. The number of rotatable bonds is 2. The molecule has 0 aliphatic carbocycles. The van der Waals surface area contributed by atoms with E-state index in [2.05, 4.69) is 4.98 Å². The first-order chi connectivity index (χ1) is 7.22. The Hall–Kier alpha value is -1.33. The zero-order valence-electron chi connectivity index (χ0n) is 7.58. The van der Waals surface area contributed by atoms with Crippen LogP contribution in [0.4, 0.5) is 8.78 Å². The predicted molar refractivity (Wildman–Crippen MR) is 53.4 cm³/mol. The number of nitrogens with zero attached hydrogens (tertiary/aromatic N) is 1. The van der Waals surface area contributed by atoms with Crippen molar-refractivity contribution < 1.29 is 13.9 Å². The number of hydrogen-bond donors (Lipinski definition) is 1. The predicted octanol–water partition coefficient (Wildman–Crippen LogP) is 2.58. The van der Waals surface area contributed by atoms with Crippen molar-refractivity contribution >= 4 is 11.3 Å². The van der Waals surface area contributed by atoms with E-state index in [1.165, 1.54) is 24.4 Å². The van der Waals surface area contributed by atoms with Gasteiger partial charge in [-0.15, -0.1) is 11.3 Å². The lowest BCUT2D eigenvalue weighted by Crippen LogP contribution is -1.87. The minimum Gasteiger partial charge on any atom is -0.391 e. The Bertz CT molecular complexity index is 464. The maximum atomic E-state index is 13.3. The Kier molecular flexibility index (Phi) is 2.75. The van der Waals surface area contributed by atoms with Crippen molar-refractivity contribution in [1.82, 2.24) is 4.98 Å². The van der Waals surface area contributed by atoms with Gasteiger partial charge in [0.1, 0.15) is 16.6 Å². The van der Waals surface area contributed by atoms with Gasteiger partial charge in [0.2, 0.25) is 0 Å². The molecule has 0 aliphatic heterocycles. The first kappa shape index (κ1) is 10.2. The third kappa shape index (κ3) is 1.88. The largest absolute Gasteiger partial charge is 0.391 e. The molecule has 5 heteroatoms. The van der Waals surface area contributed by atoms with Crippen molar-refractivity contribution in [2.24, 2.45) is 0 Å². The summed E-state index contributed by atoms with van der Waals surface area (Å²) >= 11 is 1.07. The lowest BCUT2D eigenvalue weighted by molar-refractivity contribution is 0.285. The van der Waals surface area contributed by atoms with Crippen molar-refractivity contribution in [2.75, 3.05) is 0 Å². The van der Waals surface area contributed by atoms with Gasteiger partial charge < -0.3 is 5.11 Å². The first-order valence-electron chi connectivity index (χ1n) is 4.22. The van der Waals surface area contributed by atoms with Crippen LogP contribution in [0.3, 0.4) is 0 Å². The molecule has 0 radical (unpaired) electrons. The molecule has 0 amide bonds. The maximum Gasteiger partial charge on any atom is 0.136 e. The molecule has 0 bridgehead atoms. The van der Waals surface area contributed by atoms with Crippen LogP contribution < -0.4 is 0 Å². The molecule has 0 atom stereocenters. The normalized spacial score (nSPS) is 10.6. The van der Waals surface area contributed by atoms with E-state index in [0.29, 0.717) is 4.88 Å². The molecular formula is C10H7F2NOS. The van der Waals surface area contributed by atoms with E-state index in [4.69, 9.17) is 5.11 Å². The molecule has 0 saturated heterocycles. The van der Waals surface area contributed by atoms with Gasteiger partial charge >= 0.3 is 0 Å². The van der Waals surface area contributed by atoms with Crippen LogP contribution in [-0.4, -0.2) is 10.1 Å². The number of hydrogen-bond acceptors (Lipinski definition) is 3. The monoisotopic (exact) mass is 227 g/mol. The molecule has 0 spiro atoms. The summed E-state index contributed by atoms with van der Waals surface area (Å²) in [5, 5.41) is 9.06. The van der Waals surface area contributed by atoms with Gasteiger partial charge in [-0.2, -0.15) is 0 Å². The average molecular weight is 227 g/mol. The van der Waals surface area contributed by atoms with Gasteiger partial charge in [-0.25, -0.2) is 13.8 Å². The number of thiazole rings is 1. The Morgan fingerprint density at radius 3 is 2.47 bits per heavy atom. The van der Waals surface area contributed by atoms with E-state index in [9.17, 15) is 8.78 Å². The molecule has 15 heavy (non-hydrogen) atoms. The minimum atomic E-state index is -0.645. The second kappa shape index (κ2) is 4.04. The van der Waals surface area contributed by atoms with E-state index < -0.39 is 11.6 Å². The van der Waals surface area contributed by atoms with Gasteiger partial charge in [0.15, 0.2) is 0 Å². The van der Waals surface area contributed by atoms with Crippen molar-refractivity contribution in [3.8, 4) is 10.6 Å². The van der Waals surface area contributed by atoms with Gasteiger partial charge in [-0.05, 0) is 12.1 Å². The van der Waals surface area contributed by atoms with Gasteiger partial charge in [0, 0.05) is 6.20 Å². The molecule has 2 rings (SSSR count). The third-order valence-electron chi connectivity index (χ3n) is 1.89. The van der Waals surface area contributed by atoms with Crippen LogP contribution in [0.2, 0.25) is 0 Å². The second-order valence-electron chi connectivity index (χ2n) is 2.89. The molecule has 0 fully saturated rings. The summed E-state index contributed by atoms with van der Waals surface area (Å²) in [5.74, 6) is -1.29. The van der Waals surface area contributed by atoms with E-state index in [1.54, 1.807) is 0 Å². The fourth-order valence-corrected chi connectivity index (χ4v) is 2.02. The van der Waals surface area contributed by atoms with Crippen molar-refractivity contribution in [3.05, 3.63) is 40.9 Å². The average Bonchev–Trinajstić information content (AvgIpc) is 2.66. The van der Waals surface area contributed by atoms with Crippen LogP contribution >= 0.6 is 11.3 Å². The zero-order valence-corrected chi connectivity index (χ0v) is 8.39. The molecule has 1 aromatic carbocycles. The lowest BCUT2D eigenvalue weighted by atomic mass is 10.2. The molecule has 1 heterocycles. The smallest absolute Gasteiger partial charge is 0.136 e. The lowest BCUT2D eigenvalue weighted by Gasteiger charge is -1.99. The molecule has 78 valence electrons. The zero-order chi connectivity index (χ0) is 10.8. The SMILES string of the molecule is OCc1cnc(-c2c(F)cccc2F)s1. The molecule has 0 aliphatic rings. The Labute approximate surface area is 88.8 Å². The van der Waals surface area contributed by atoms with Crippen molar-refractivity contribution in [3.63, 3.8) is 0 Å². The summed E-state index contributed by atoms with van der Waals surface area (Å²) < 4.78 is 26.6. The second-order valence-corrected chi connectivity index (χ2v) is 4.00. The highest BCUT2D eigenvalue weighted by Crippen LogP contribution is 2.29. The molecule has 0 saturated carbocycles. The highest BCUT2D eigenvalue weighted by atomic mass is 32.1. The van der Waals surface area contributed by atoms with E-state index >= 15 is 0 Å². The maximum absolute atomic E-state index is 13.3. The topological polar surface area (TPSA) is 33.1 Å². The van der Waals surface area contributed by atoms with Crippen LogP contribution in [0.5, 0.6) is 0 Å². The minimum absolute atomic E-state index is 0.137. The Morgan fingerprint density at radius 1 is 1.27 bits per heavy atom. The van der Waals surface area contributed by atoms with Gasteiger partial charge in [0.25, 0.3) is 0 Å². The van der Waals surface area contributed by atoms with E-state index in [1.807, 2.05) is 0 Å². The van der Waals surface area contributed by atoms with E-state index in [-0.39, 0.29) is 17.2 Å². The molecular weight excluding hydrogens is 220 g/mol. The van der Waals surface area contributed by atoms with Crippen LogP contribution in [-0.2, 0) is 6.61 Å². The standard InChI is InChI=1S/C10H7F2NOS/c11-7-2-1-3-8(12)9(7)10-13-4-6(5-14)15-10/h1-4,14H,5H2. The molecule has 1 aromatic heterocycles. The molecule has 2 nitrogen and oxygen atoms in total. The summed E-state index contributed by atoms with van der Waals surface area (Å²) in [6.45, 7) is -0.173. The molecule has 1 N–H and O–H groups in total. The van der Waals surface area contributed by atoms with Gasteiger partial charge in [0.05, 0.1) is 17.0 Å². The number of halogens is 2. The highest BCUT2D eigenvalue weighted by Gasteiger charge is 2.14. The fourth-order valence-electron chi connectivity index (χ4n) is 1.20. The van der Waals surface area contributed by atoms with Gasteiger partial charge in [-0.3, -0.25) is 0 Å². The number of aliphatic hydroxyl groups excluding tert-OH is 1. The summed E-state index contributed by atoms with van der Waals surface area (Å²) in [5.41, 5.74) is -0.137. The molecule has 0 unspecified atom stereocenters. The Balaban J connectivity index is 2.53. The van der Waals surface area contributed by atoms with E-state index in [0.717, 1.165) is 11.3 Å². The quantitative estimate of drug-likeness (QED) is 0.855. The molecule has 2 aromatic rings. The van der Waals surface area contributed by atoms with Crippen LogP contribution in [0.1, 0.15) is 4.88 Å². The van der Waals surface area contributed by atoms with Crippen LogP contribution in [0.25, 0.3) is 10.6 Å². The summed E-state index contributed by atoms with van der Waals surface area (Å²) in [4.78, 5) is 4.43. The highest BCUT2D eigenvalue weighted by molar-refractivity contribution is 7.15. The van der Waals surface area contributed by atoms with Gasteiger partial charge in [-0.1, -0.05) is 6.07 Å². The summed E-state index contributed by atoms with van der Waals surface area (Å²) in [6, 6.07) is 3.66. The fraction of sp³-hybridized carbons (Fsp3) is 0.100. The van der Waals surface area contributed by atoms with Crippen molar-refractivity contribution in [2.45, 2.75) is 6.61 Å². The number of benzene rings is 1. The Morgan fingerprint density at radius 2 is 1.93 bits per heavy atom. The summed E-state index contributed by atoms with van der Waals surface area (Å²) in [6.07, 6.45) is 1.41. The first-order valence-corrected chi connectivity index (χ1v) is 5.04. The third-order valence-corrected chi connectivity index (χ3v) is 2.89. The number of aliphatic hydroxyl groups is 1. The van der Waals surface area contributed by atoms with Crippen molar-refractivity contribution in [1.29, 1.82) is 0 Å². The number of aromatic nitrogens is 1.